The molecule has 2 aliphatic heterocycles. The third kappa shape index (κ3) is 3.56. The van der Waals surface area contributed by atoms with Gasteiger partial charge in [0.25, 0.3) is 5.91 Å². The van der Waals surface area contributed by atoms with Crippen molar-refractivity contribution in [1.29, 1.82) is 0 Å². The van der Waals surface area contributed by atoms with Crippen LogP contribution in [0.3, 0.4) is 0 Å². The first-order valence-electron chi connectivity index (χ1n) is 10.8. The topological polar surface area (TPSA) is 70.1 Å². The summed E-state index contributed by atoms with van der Waals surface area (Å²) in [6, 6.07) is 13.0. The van der Waals surface area contributed by atoms with Gasteiger partial charge in [-0.3, -0.25) is 9.69 Å². The summed E-state index contributed by atoms with van der Waals surface area (Å²) in [5.41, 5.74) is 2.02. The SMILES string of the molecule is O=C(O)c1ccc(Oc2ccc3c(c2)CCN(C2CCN(C4CCC4)C2)C3=O)cc1. The average Bonchev–Trinajstić information content (AvgIpc) is 3.16. The number of hydrogen-bond acceptors (Lipinski definition) is 4. The smallest absolute Gasteiger partial charge is 0.335 e. The van der Waals surface area contributed by atoms with Crippen LogP contribution in [-0.4, -0.2) is 58.5 Å². The maximum Gasteiger partial charge on any atom is 0.335 e. The van der Waals surface area contributed by atoms with Gasteiger partial charge in [0.1, 0.15) is 11.5 Å². The molecule has 1 amide bonds. The summed E-state index contributed by atoms with van der Waals surface area (Å²) in [4.78, 5) is 28.8. The minimum atomic E-state index is -0.962. The van der Waals surface area contributed by atoms with Crippen LogP contribution in [0.4, 0.5) is 0 Å². The van der Waals surface area contributed by atoms with Gasteiger partial charge in [-0.1, -0.05) is 6.42 Å². The molecule has 5 rings (SSSR count). The normalized spacial score (nSPS) is 21.9. The van der Waals surface area contributed by atoms with E-state index >= 15 is 0 Å². The zero-order valence-corrected chi connectivity index (χ0v) is 16.9. The summed E-state index contributed by atoms with van der Waals surface area (Å²) >= 11 is 0. The van der Waals surface area contributed by atoms with E-state index in [9.17, 15) is 9.59 Å². The molecule has 2 aromatic rings. The number of hydrogen-bond donors (Lipinski definition) is 1. The molecule has 1 N–H and O–H groups in total. The van der Waals surface area contributed by atoms with Crippen molar-refractivity contribution in [3.8, 4) is 11.5 Å². The molecule has 1 aliphatic carbocycles. The Morgan fingerprint density at radius 3 is 2.43 bits per heavy atom. The Morgan fingerprint density at radius 1 is 0.967 bits per heavy atom. The minimum absolute atomic E-state index is 0.133. The van der Waals surface area contributed by atoms with Crippen molar-refractivity contribution < 1.29 is 19.4 Å². The van der Waals surface area contributed by atoms with E-state index in [1.165, 1.54) is 31.4 Å². The van der Waals surface area contributed by atoms with Crippen molar-refractivity contribution in [3.63, 3.8) is 0 Å². The lowest BCUT2D eigenvalue weighted by molar-refractivity contribution is 0.0645. The van der Waals surface area contributed by atoms with E-state index in [4.69, 9.17) is 9.84 Å². The molecular weight excluding hydrogens is 380 g/mol. The van der Waals surface area contributed by atoms with Crippen molar-refractivity contribution in [1.82, 2.24) is 9.80 Å². The van der Waals surface area contributed by atoms with E-state index in [1.807, 2.05) is 18.2 Å². The van der Waals surface area contributed by atoms with Gasteiger partial charge in [0, 0.05) is 37.3 Å². The lowest BCUT2D eigenvalue weighted by atomic mass is 9.92. The Kier molecular flexibility index (Phi) is 4.95. The van der Waals surface area contributed by atoms with Crippen LogP contribution in [0.1, 0.15) is 52.0 Å². The molecule has 2 heterocycles. The van der Waals surface area contributed by atoms with Crippen LogP contribution in [0, 0.1) is 0 Å². The van der Waals surface area contributed by atoms with Gasteiger partial charge in [-0.2, -0.15) is 0 Å². The Hall–Kier alpha value is -2.86. The first kappa shape index (κ1) is 19.1. The zero-order chi connectivity index (χ0) is 20.7. The van der Waals surface area contributed by atoms with Crippen molar-refractivity contribution in [3.05, 3.63) is 59.2 Å². The van der Waals surface area contributed by atoms with Crippen LogP contribution >= 0.6 is 0 Å². The summed E-state index contributed by atoms with van der Waals surface area (Å²) in [7, 11) is 0. The van der Waals surface area contributed by atoms with E-state index < -0.39 is 5.97 Å². The fourth-order valence-electron chi connectivity index (χ4n) is 4.80. The number of nitrogens with zero attached hydrogens (tertiary/aromatic N) is 2. The van der Waals surface area contributed by atoms with Crippen molar-refractivity contribution >= 4 is 11.9 Å². The summed E-state index contributed by atoms with van der Waals surface area (Å²) < 4.78 is 5.88. The molecule has 6 nitrogen and oxygen atoms in total. The highest BCUT2D eigenvalue weighted by molar-refractivity contribution is 5.97. The van der Waals surface area contributed by atoms with Crippen LogP contribution in [0.5, 0.6) is 11.5 Å². The highest BCUT2D eigenvalue weighted by Gasteiger charge is 2.37. The van der Waals surface area contributed by atoms with E-state index in [2.05, 4.69) is 9.80 Å². The second-order valence-corrected chi connectivity index (χ2v) is 8.52. The number of rotatable bonds is 5. The lowest BCUT2D eigenvalue weighted by Gasteiger charge is -2.37. The van der Waals surface area contributed by atoms with Crippen molar-refractivity contribution in [2.45, 2.75) is 44.2 Å². The fourth-order valence-corrected chi connectivity index (χ4v) is 4.80. The molecule has 30 heavy (non-hydrogen) atoms. The molecule has 2 fully saturated rings. The summed E-state index contributed by atoms with van der Waals surface area (Å²) in [6.45, 7) is 2.88. The van der Waals surface area contributed by atoms with Gasteiger partial charge in [-0.25, -0.2) is 4.79 Å². The number of aromatic carboxylic acids is 1. The van der Waals surface area contributed by atoms with E-state index in [1.54, 1.807) is 12.1 Å². The molecule has 1 unspecified atom stereocenters. The minimum Gasteiger partial charge on any atom is -0.478 e. The number of carbonyl (C=O) groups excluding carboxylic acids is 1. The van der Waals surface area contributed by atoms with Crippen molar-refractivity contribution in [2.24, 2.45) is 0 Å². The molecule has 1 saturated carbocycles. The highest BCUT2D eigenvalue weighted by atomic mass is 16.5. The summed E-state index contributed by atoms with van der Waals surface area (Å²) in [6.07, 6.45) is 5.87. The number of amides is 1. The second kappa shape index (κ2) is 7.76. The van der Waals surface area contributed by atoms with Gasteiger partial charge in [0.05, 0.1) is 5.56 Å². The third-order valence-corrected chi connectivity index (χ3v) is 6.75. The van der Waals surface area contributed by atoms with Crippen LogP contribution in [0.15, 0.2) is 42.5 Å². The standard InChI is InChI=1S/C24H26N2O4/c27-23-22-9-8-21(30-20-6-4-16(5-7-20)24(28)29)14-17(22)10-13-26(23)19-11-12-25(15-19)18-2-1-3-18/h4-9,14,18-19H,1-3,10-13,15H2,(H,28,29). The quantitative estimate of drug-likeness (QED) is 0.818. The molecule has 0 spiro atoms. The average molecular weight is 406 g/mol. The maximum absolute atomic E-state index is 13.1. The van der Waals surface area contributed by atoms with Gasteiger partial charge >= 0.3 is 5.97 Å². The number of carboxylic acids is 1. The van der Waals surface area contributed by atoms with Crippen molar-refractivity contribution in [2.75, 3.05) is 19.6 Å². The molecule has 6 heteroatoms. The Bertz CT molecular complexity index is 968. The lowest BCUT2D eigenvalue weighted by Crippen LogP contribution is -2.47. The number of fused-ring (bicyclic) bond motifs is 1. The monoisotopic (exact) mass is 406 g/mol. The molecule has 0 aromatic heterocycles. The number of ether oxygens (including phenoxy) is 1. The number of carbonyl (C=O) groups is 2. The zero-order valence-electron chi connectivity index (χ0n) is 16.9. The fraction of sp³-hybridized carbons (Fsp3) is 0.417. The van der Waals surface area contributed by atoms with Gasteiger partial charge in [0.15, 0.2) is 0 Å². The highest BCUT2D eigenvalue weighted by Crippen LogP contribution is 2.32. The molecule has 1 saturated heterocycles. The molecule has 2 aromatic carbocycles. The number of benzene rings is 2. The van der Waals surface area contributed by atoms with Crippen LogP contribution in [-0.2, 0) is 6.42 Å². The Labute approximate surface area is 176 Å². The molecule has 0 radical (unpaired) electrons. The first-order chi connectivity index (χ1) is 14.6. The summed E-state index contributed by atoms with van der Waals surface area (Å²) in [5, 5.41) is 9.00. The third-order valence-electron chi connectivity index (χ3n) is 6.75. The molecule has 3 aliphatic rings. The van der Waals surface area contributed by atoms with Crippen LogP contribution in [0.2, 0.25) is 0 Å². The predicted octanol–water partition coefficient (Wildman–Crippen LogP) is 3.80. The molecular formula is C24H26N2O4. The largest absolute Gasteiger partial charge is 0.478 e. The van der Waals surface area contributed by atoms with E-state index in [0.29, 0.717) is 17.5 Å². The van der Waals surface area contributed by atoms with E-state index in [-0.39, 0.29) is 11.5 Å². The van der Waals surface area contributed by atoms with Gasteiger partial charge in [0.2, 0.25) is 0 Å². The predicted molar refractivity (Wildman–Crippen MR) is 112 cm³/mol. The van der Waals surface area contributed by atoms with Gasteiger partial charge in [-0.15, -0.1) is 0 Å². The second-order valence-electron chi connectivity index (χ2n) is 8.52. The number of carboxylic acid groups (broad SMARTS) is 1. The van der Waals surface area contributed by atoms with Crippen LogP contribution < -0.4 is 4.74 Å². The Morgan fingerprint density at radius 2 is 1.73 bits per heavy atom. The Balaban J connectivity index is 1.27. The maximum atomic E-state index is 13.1. The molecule has 1 atom stereocenters. The van der Waals surface area contributed by atoms with Gasteiger partial charge < -0.3 is 14.7 Å². The first-order valence-corrected chi connectivity index (χ1v) is 10.8. The molecule has 0 bridgehead atoms. The van der Waals surface area contributed by atoms with Gasteiger partial charge in [-0.05, 0) is 73.7 Å². The molecule has 156 valence electrons. The summed E-state index contributed by atoms with van der Waals surface area (Å²) in [5.74, 6) is 0.409. The number of likely N-dealkylation sites (tertiary alicyclic amines) is 1. The van der Waals surface area contributed by atoms with Crippen LogP contribution in [0.25, 0.3) is 0 Å². The van der Waals surface area contributed by atoms with E-state index in [0.717, 1.165) is 49.6 Å².